The van der Waals surface area contributed by atoms with Crippen molar-refractivity contribution in [3.63, 3.8) is 0 Å². The molecule has 6 nitrogen and oxygen atoms in total. The Balaban J connectivity index is 1.50. The third kappa shape index (κ3) is 3.65. The van der Waals surface area contributed by atoms with Gasteiger partial charge in [0.2, 0.25) is 0 Å². The van der Waals surface area contributed by atoms with Crippen LogP contribution in [-0.2, 0) is 13.6 Å². The quantitative estimate of drug-likeness (QED) is 0.650. The van der Waals surface area contributed by atoms with E-state index in [1.807, 2.05) is 23.1 Å². The third-order valence-electron chi connectivity index (χ3n) is 3.85. The Morgan fingerprint density at radius 2 is 2.38 bits per heavy atom. The topological polar surface area (TPSA) is 60.6 Å². The van der Waals surface area contributed by atoms with Gasteiger partial charge in [0.1, 0.15) is 5.82 Å². The fraction of sp³-hybridized carbons (Fsp3) is 0.643. The standard InChI is InChI=1S/C14H22N6S/c1-19-13(12-5-2-6-15-11-12)17-18-14(19)21-10-4-9-20-8-3-7-16-20/h3,7-8,12,15H,2,4-6,9-11H2,1H3/t12-/m1/s1. The fourth-order valence-electron chi connectivity index (χ4n) is 2.70. The van der Waals surface area contributed by atoms with Crippen molar-refractivity contribution in [1.29, 1.82) is 0 Å². The first-order valence-electron chi connectivity index (χ1n) is 7.55. The van der Waals surface area contributed by atoms with Crippen LogP contribution in [0.1, 0.15) is 31.0 Å². The van der Waals surface area contributed by atoms with Crippen molar-refractivity contribution in [3.05, 3.63) is 24.3 Å². The molecule has 0 radical (unpaired) electrons. The lowest BCUT2D eigenvalue weighted by atomic mass is 9.99. The highest BCUT2D eigenvalue weighted by Gasteiger charge is 2.21. The summed E-state index contributed by atoms with van der Waals surface area (Å²) in [7, 11) is 2.08. The summed E-state index contributed by atoms with van der Waals surface area (Å²) in [6.07, 6.45) is 7.34. The Morgan fingerprint density at radius 1 is 1.43 bits per heavy atom. The molecule has 1 atom stereocenters. The number of piperidine rings is 1. The zero-order valence-corrected chi connectivity index (χ0v) is 13.2. The van der Waals surface area contributed by atoms with Crippen LogP contribution in [0.3, 0.4) is 0 Å². The molecule has 1 saturated heterocycles. The highest BCUT2D eigenvalue weighted by molar-refractivity contribution is 7.99. The van der Waals surface area contributed by atoms with Crippen LogP contribution in [-0.4, -0.2) is 43.4 Å². The third-order valence-corrected chi connectivity index (χ3v) is 4.96. The molecule has 1 fully saturated rings. The average molecular weight is 306 g/mol. The predicted octanol–water partition coefficient (Wildman–Crippen LogP) is 1.66. The highest BCUT2D eigenvalue weighted by atomic mass is 32.2. The summed E-state index contributed by atoms with van der Waals surface area (Å²) in [6.45, 7) is 3.11. The lowest BCUT2D eigenvalue weighted by molar-refractivity contribution is 0.436. The lowest BCUT2D eigenvalue weighted by Gasteiger charge is -2.21. The zero-order chi connectivity index (χ0) is 14.5. The minimum absolute atomic E-state index is 0.509. The van der Waals surface area contributed by atoms with E-state index in [2.05, 4.69) is 32.2 Å². The number of rotatable bonds is 6. The van der Waals surface area contributed by atoms with Gasteiger partial charge in [-0.2, -0.15) is 5.10 Å². The van der Waals surface area contributed by atoms with Gasteiger partial charge in [0, 0.05) is 44.2 Å². The van der Waals surface area contributed by atoms with Gasteiger partial charge in [0.15, 0.2) is 5.16 Å². The van der Waals surface area contributed by atoms with Gasteiger partial charge in [-0.1, -0.05) is 11.8 Å². The summed E-state index contributed by atoms with van der Waals surface area (Å²) in [4.78, 5) is 0. The minimum atomic E-state index is 0.509. The van der Waals surface area contributed by atoms with Crippen molar-refractivity contribution in [3.8, 4) is 0 Å². The van der Waals surface area contributed by atoms with E-state index in [1.165, 1.54) is 12.8 Å². The summed E-state index contributed by atoms with van der Waals surface area (Å²) in [5.74, 6) is 2.67. The molecule has 0 amide bonds. The highest BCUT2D eigenvalue weighted by Crippen LogP contribution is 2.25. The second-order valence-electron chi connectivity index (χ2n) is 5.41. The first-order valence-corrected chi connectivity index (χ1v) is 8.53. The number of hydrogen-bond donors (Lipinski definition) is 1. The van der Waals surface area contributed by atoms with E-state index < -0.39 is 0 Å². The molecule has 7 heteroatoms. The lowest BCUT2D eigenvalue weighted by Crippen LogP contribution is -2.29. The van der Waals surface area contributed by atoms with Crippen LogP contribution in [0.25, 0.3) is 0 Å². The van der Waals surface area contributed by atoms with Gasteiger partial charge in [-0.05, 0) is 31.9 Å². The SMILES string of the molecule is Cn1c(SCCCn2cccn2)nnc1[C@@H]1CCCNC1. The predicted molar refractivity (Wildman–Crippen MR) is 83.4 cm³/mol. The molecule has 0 saturated carbocycles. The maximum Gasteiger partial charge on any atom is 0.190 e. The van der Waals surface area contributed by atoms with E-state index in [-0.39, 0.29) is 0 Å². The van der Waals surface area contributed by atoms with Crippen LogP contribution < -0.4 is 5.32 Å². The van der Waals surface area contributed by atoms with Crippen LogP contribution in [0.5, 0.6) is 0 Å². The first kappa shape index (κ1) is 14.6. The Labute approximate surface area is 129 Å². The van der Waals surface area contributed by atoms with Crippen molar-refractivity contribution in [2.45, 2.75) is 36.9 Å². The maximum atomic E-state index is 4.40. The normalized spacial score (nSPS) is 19.0. The summed E-state index contributed by atoms with van der Waals surface area (Å²) in [5.41, 5.74) is 0. The van der Waals surface area contributed by atoms with Crippen molar-refractivity contribution < 1.29 is 0 Å². The van der Waals surface area contributed by atoms with Gasteiger partial charge >= 0.3 is 0 Å². The molecule has 114 valence electrons. The Bertz CT molecular complexity index is 544. The van der Waals surface area contributed by atoms with E-state index in [9.17, 15) is 0 Å². The number of hydrogen-bond acceptors (Lipinski definition) is 5. The summed E-state index contributed by atoms with van der Waals surface area (Å²) < 4.78 is 4.13. The summed E-state index contributed by atoms with van der Waals surface area (Å²) in [6, 6.07) is 1.96. The van der Waals surface area contributed by atoms with Crippen molar-refractivity contribution in [1.82, 2.24) is 29.9 Å². The molecule has 0 aromatic carbocycles. The van der Waals surface area contributed by atoms with Crippen LogP contribution in [0.2, 0.25) is 0 Å². The van der Waals surface area contributed by atoms with Gasteiger partial charge in [-0.15, -0.1) is 10.2 Å². The molecule has 21 heavy (non-hydrogen) atoms. The number of nitrogens with zero attached hydrogens (tertiary/aromatic N) is 5. The monoisotopic (exact) mass is 306 g/mol. The van der Waals surface area contributed by atoms with Gasteiger partial charge in [0.05, 0.1) is 0 Å². The van der Waals surface area contributed by atoms with Crippen molar-refractivity contribution in [2.24, 2.45) is 7.05 Å². The molecule has 0 aliphatic carbocycles. The van der Waals surface area contributed by atoms with E-state index in [0.29, 0.717) is 5.92 Å². The molecule has 2 aromatic heterocycles. The van der Waals surface area contributed by atoms with Gasteiger partial charge in [-0.3, -0.25) is 4.68 Å². The second-order valence-corrected chi connectivity index (χ2v) is 6.48. The second kappa shape index (κ2) is 7.09. The van der Waals surface area contributed by atoms with Crippen molar-refractivity contribution >= 4 is 11.8 Å². The minimum Gasteiger partial charge on any atom is -0.316 e. The molecule has 0 spiro atoms. The molecule has 1 aliphatic rings. The number of aromatic nitrogens is 5. The van der Waals surface area contributed by atoms with E-state index in [0.717, 1.165) is 42.8 Å². The zero-order valence-electron chi connectivity index (χ0n) is 12.4. The smallest absolute Gasteiger partial charge is 0.190 e. The van der Waals surface area contributed by atoms with Gasteiger partial charge in [-0.25, -0.2) is 0 Å². The van der Waals surface area contributed by atoms with Crippen LogP contribution >= 0.6 is 11.8 Å². The van der Waals surface area contributed by atoms with Crippen LogP contribution in [0.4, 0.5) is 0 Å². The Kier molecular flexibility index (Phi) is 4.92. The molecule has 3 heterocycles. The molecule has 3 rings (SSSR count). The van der Waals surface area contributed by atoms with E-state index in [1.54, 1.807) is 11.8 Å². The van der Waals surface area contributed by atoms with Gasteiger partial charge in [0.25, 0.3) is 0 Å². The van der Waals surface area contributed by atoms with Crippen molar-refractivity contribution in [2.75, 3.05) is 18.8 Å². The van der Waals surface area contributed by atoms with Crippen LogP contribution in [0.15, 0.2) is 23.6 Å². The largest absolute Gasteiger partial charge is 0.316 e. The fourth-order valence-corrected chi connectivity index (χ4v) is 3.54. The van der Waals surface area contributed by atoms with E-state index >= 15 is 0 Å². The summed E-state index contributed by atoms with van der Waals surface area (Å²) >= 11 is 1.78. The van der Waals surface area contributed by atoms with Crippen LogP contribution in [0, 0.1) is 0 Å². The molecular weight excluding hydrogens is 284 g/mol. The molecule has 2 aromatic rings. The molecule has 0 bridgehead atoms. The molecule has 0 unspecified atom stereocenters. The number of thioether (sulfide) groups is 1. The first-order chi connectivity index (χ1) is 10.3. The van der Waals surface area contributed by atoms with Gasteiger partial charge < -0.3 is 9.88 Å². The molecule has 1 aliphatic heterocycles. The summed E-state index contributed by atoms with van der Waals surface area (Å²) in [5, 5.41) is 17.4. The molecular formula is C14H22N6S. The molecule has 1 N–H and O–H groups in total. The number of nitrogens with one attached hydrogen (secondary N) is 1. The number of aryl methyl sites for hydroxylation is 1. The Morgan fingerprint density at radius 3 is 3.14 bits per heavy atom. The Hall–Kier alpha value is -1.34. The average Bonchev–Trinajstić information content (AvgIpc) is 3.15. The maximum absolute atomic E-state index is 4.40. The van der Waals surface area contributed by atoms with E-state index in [4.69, 9.17) is 0 Å².